The maximum atomic E-state index is 11.8. The number of hydrogen-bond acceptors (Lipinski definition) is 4. The van der Waals surface area contributed by atoms with Crippen LogP contribution in [-0.2, 0) is 16.1 Å². The van der Waals surface area contributed by atoms with Gasteiger partial charge in [0.05, 0.1) is 13.7 Å². The highest BCUT2D eigenvalue weighted by molar-refractivity contribution is 9.10. The van der Waals surface area contributed by atoms with Gasteiger partial charge in [-0.1, -0.05) is 15.9 Å². The molecular formula is C14H20BrNO3. The van der Waals surface area contributed by atoms with E-state index in [-0.39, 0.29) is 5.97 Å². The Morgan fingerprint density at radius 3 is 2.68 bits per heavy atom. The smallest absolute Gasteiger partial charge is 0.325 e. The highest BCUT2D eigenvalue weighted by Crippen LogP contribution is 2.23. The van der Waals surface area contributed by atoms with Crippen LogP contribution in [0.15, 0.2) is 22.7 Å². The Morgan fingerprint density at radius 2 is 2.11 bits per heavy atom. The Morgan fingerprint density at radius 1 is 1.42 bits per heavy atom. The van der Waals surface area contributed by atoms with Gasteiger partial charge in [0.2, 0.25) is 0 Å². The number of rotatable bonds is 6. The van der Waals surface area contributed by atoms with Gasteiger partial charge < -0.3 is 9.47 Å². The minimum atomic E-state index is -0.733. The summed E-state index contributed by atoms with van der Waals surface area (Å²) in [6.45, 7) is 6.30. The minimum absolute atomic E-state index is 0.260. The second kappa shape index (κ2) is 6.91. The normalized spacial score (nSPS) is 11.2. The summed E-state index contributed by atoms with van der Waals surface area (Å²) in [5, 5.41) is 3.19. The number of nitrogens with one attached hydrogen (secondary N) is 1. The van der Waals surface area contributed by atoms with E-state index < -0.39 is 5.54 Å². The summed E-state index contributed by atoms with van der Waals surface area (Å²) in [5.74, 6) is 0.527. The van der Waals surface area contributed by atoms with Crippen LogP contribution in [0.25, 0.3) is 0 Å². The Hall–Kier alpha value is -1.07. The van der Waals surface area contributed by atoms with Crippen molar-refractivity contribution in [3.63, 3.8) is 0 Å². The maximum Gasteiger partial charge on any atom is 0.325 e. The SMILES string of the molecule is CCOC(=O)C(C)(C)NCc1cc(Br)ccc1OC. The molecule has 1 rings (SSSR count). The molecule has 106 valence electrons. The van der Waals surface area contributed by atoms with E-state index in [0.29, 0.717) is 13.2 Å². The quantitative estimate of drug-likeness (QED) is 0.815. The number of esters is 1. The largest absolute Gasteiger partial charge is 0.496 e. The first-order chi connectivity index (χ1) is 8.90. The zero-order valence-electron chi connectivity index (χ0n) is 11.7. The predicted octanol–water partition coefficient (Wildman–Crippen LogP) is 2.89. The van der Waals surface area contributed by atoms with E-state index in [1.54, 1.807) is 27.9 Å². The standard InChI is InChI=1S/C14H20BrNO3/c1-5-19-13(17)14(2,3)16-9-10-8-11(15)6-7-12(10)18-4/h6-8,16H,5,9H2,1-4H3. The van der Waals surface area contributed by atoms with E-state index in [1.807, 2.05) is 18.2 Å². The number of benzene rings is 1. The predicted molar refractivity (Wildman–Crippen MR) is 78.2 cm³/mol. The Labute approximate surface area is 122 Å². The highest BCUT2D eigenvalue weighted by Gasteiger charge is 2.28. The van der Waals surface area contributed by atoms with Gasteiger partial charge >= 0.3 is 5.97 Å². The number of hydrogen-bond donors (Lipinski definition) is 1. The highest BCUT2D eigenvalue weighted by atomic mass is 79.9. The van der Waals surface area contributed by atoms with Crippen molar-refractivity contribution in [2.45, 2.75) is 32.9 Å². The third-order valence-corrected chi connectivity index (χ3v) is 3.24. The van der Waals surface area contributed by atoms with Gasteiger partial charge in [0.15, 0.2) is 0 Å². The minimum Gasteiger partial charge on any atom is -0.496 e. The molecule has 19 heavy (non-hydrogen) atoms. The molecule has 0 atom stereocenters. The summed E-state index contributed by atoms with van der Waals surface area (Å²) in [7, 11) is 1.63. The summed E-state index contributed by atoms with van der Waals surface area (Å²) in [6, 6.07) is 5.77. The van der Waals surface area contributed by atoms with Crippen LogP contribution in [0.5, 0.6) is 5.75 Å². The molecule has 1 N–H and O–H groups in total. The molecule has 0 aromatic heterocycles. The Kier molecular flexibility index (Phi) is 5.82. The van der Waals surface area contributed by atoms with Crippen LogP contribution in [0, 0.1) is 0 Å². The van der Waals surface area contributed by atoms with Crippen LogP contribution in [0.4, 0.5) is 0 Å². The molecular weight excluding hydrogens is 310 g/mol. The van der Waals surface area contributed by atoms with Crippen molar-refractivity contribution in [3.8, 4) is 5.75 Å². The number of carbonyl (C=O) groups is 1. The van der Waals surface area contributed by atoms with Crippen LogP contribution in [0.3, 0.4) is 0 Å². The number of methoxy groups -OCH3 is 1. The van der Waals surface area contributed by atoms with Gasteiger partial charge in [-0.3, -0.25) is 10.1 Å². The monoisotopic (exact) mass is 329 g/mol. The Balaban J connectivity index is 2.75. The number of ether oxygens (including phenoxy) is 2. The average Bonchev–Trinajstić information content (AvgIpc) is 2.37. The molecule has 0 aliphatic rings. The van der Waals surface area contributed by atoms with Crippen molar-refractivity contribution in [1.82, 2.24) is 5.32 Å². The molecule has 5 heteroatoms. The van der Waals surface area contributed by atoms with E-state index in [2.05, 4.69) is 21.2 Å². The summed E-state index contributed by atoms with van der Waals surface area (Å²) >= 11 is 3.42. The zero-order chi connectivity index (χ0) is 14.5. The number of halogens is 1. The van der Waals surface area contributed by atoms with Crippen molar-refractivity contribution < 1.29 is 14.3 Å². The molecule has 0 saturated heterocycles. The topological polar surface area (TPSA) is 47.6 Å². The lowest BCUT2D eigenvalue weighted by molar-refractivity contribution is -0.149. The van der Waals surface area contributed by atoms with Gasteiger partial charge in [-0.25, -0.2) is 0 Å². The molecule has 0 unspecified atom stereocenters. The first kappa shape index (κ1) is 16.0. The van der Waals surface area contributed by atoms with E-state index in [4.69, 9.17) is 9.47 Å². The summed E-state index contributed by atoms with van der Waals surface area (Å²) < 4.78 is 11.3. The molecule has 0 spiro atoms. The van der Waals surface area contributed by atoms with Crippen LogP contribution in [0.1, 0.15) is 26.3 Å². The van der Waals surface area contributed by atoms with E-state index in [0.717, 1.165) is 15.8 Å². The van der Waals surface area contributed by atoms with Gasteiger partial charge in [-0.15, -0.1) is 0 Å². The fourth-order valence-corrected chi connectivity index (χ4v) is 1.99. The van der Waals surface area contributed by atoms with Gasteiger partial charge in [-0.05, 0) is 39.0 Å². The molecule has 0 heterocycles. The van der Waals surface area contributed by atoms with Crippen LogP contribution in [0.2, 0.25) is 0 Å². The van der Waals surface area contributed by atoms with E-state index in [9.17, 15) is 4.79 Å². The second-order valence-electron chi connectivity index (χ2n) is 4.66. The van der Waals surface area contributed by atoms with Gasteiger partial charge in [0.1, 0.15) is 11.3 Å². The molecule has 0 radical (unpaired) electrons. The average molecular weight is 330 g/mol. The molecule has 1 aromatic carbocycles. The molecule has 0 fully saturated rings. The van der Waals surface area contributed by atoms with Gasteiger partial charge in [-0.2, -0.15) is 0 Å². The third-order valence-electron chi connectivity index (χ3n) is 2.75. The molecule has 0 bridgehead atoms. The second-order valence-corrected chi connectivity index (χ2v) is 5.57. The summed E-state index contributed by atoms with van der Waals surface area (Å²) in [4.78, 5) is 11.8. The van der Waals surface area contributed by atoms with Crippen LogP contribution < -0.4 is 10.1 Å². The first-order valence-corrected chi connectivity index (χ1v) is 6.94. The fourth-order valence-electron chi connectivity index (χ4n) is 1.59. The third kappa shape index (κ3) is 4.51. The zero-order valence-corrected chi connectivity index (χ0v) is 13.3. The molecule has 0 aliphatic heterocycles. The van der Waals surface area contributed by atoms with E-state index in [1.165, 1.54) is 0 Å². The molecule has 4 nitrogen and oxygen atoms in total. The lowest BCUT2D eigenvalue weighted by Crippen LogP contribution is -2.47. The Bertz CT molecular complexity index is 446. The van der Waals surface area contributed by atoms with Crippen molar-refractivity contribution in [3.05, 3.63) is 28.2 Å². The lowest BCUT2D eigenvalue weighted by atomic mass is 10.1. The molecule has 0 aliphatic carbocycles. The molecule has 1 aromatic rings. The number of carbonyl (C=O) groups excluding carboxylic acids is 1. The lowest BCUT2D eigenvalue weighted by Gasteiger charge is -2.24. The van der Waals surface area contributed by atoms with Crippen molar-refractivity contribution in [1.29, 1.82) is 0 Å². The van der Waals surface area contributed by atoms with Crippen molar-refractivity contribution in [2.24, 2.45) is 0 Å². The maximum absolute atomic E-state index is 11.8. The van der Waals surface area contributed by atoms with Crippen molar-refractivity contribution >= 4 is 21.9 Å². The summed E-state index contributed by atoms with van der Waals surface area (Å²) in [5.41, 5.74) is 0.248. The van der Waals surface area contributed by atoms with Crippen molar-refractivity contribution in [2.75, 3.05) is 13.7 Å². The van der Waals surface area contributed by atoms with Gasteiger partial charge in [0, 0.05) is 16.6 Å². The van der Waals surface area contributed by atoms with E-state index >= 15 is 0 Å². The molecule has 0 amide bonds. The first-order valence-electron chi connectivity index (χ1n) is 6.15. The fraction of sp³-hybridized carbons (Fsp3) is 0.500. The van der Waals surface area contributed by atoms with Crippen LogP contribution >= 0.6 is 15.9 Å². The van der Waals surface area contributed by atoms with Crippen LogP contribution in [-0.4, -0.2) is 25.2 Å². The van der Waals surface area contributed by atoms with Gasteiger partial charge in [0.25, 0.3) is 0 Å². The summed E-state index contributed by atoms with van der Waals surface area (Å²) in [6.07, 6.45) is 0. The molecule has 0 saturated carbocycles.